The minimum absolute atomic E-state index is 0.583. The number of H-pyrrole nitrogens is 1. The van der Waals surface area contributed by atoms with Crippen LogP contribution in [0.3, 0.4) is 0 Å². The van der Waals surface area contributed by atoms with Gasteiger partial charge in [-0.25, -0.2) is 0 Å². The van der Waals surface area contributed by atoms with Crippen LogP contribution < -0.4 is 5.73 Å². The lowest BCUT2D eigenvalue weighted by Gasteiger charge is -2.19. The van der Waals surface area contributed by atoms with Crippen molar-refractivity contribution in [2.75, 3.05) is 19.3 Å². The first kappa shape index (κ1) is 10.5. The molecule has 0 atom stereocenters. The largest absolute Gasteiger partial charge is 0.382 e. The first-order valence-corrected chi connectivity index (χ1v) is 5.72. The molecule has 1 aliphatic carbocycles. The Bertz CT molecular complexity index is 301. The number of nitrogen functional groups attached to an aromatic ring is 1. The first-order chi connectivity index (χ1) is 7.24. The van der Waals surface area contributed by atoms with Crippen LogP contribution in [-0.2, 0) is 6.54 Å². The van der Waals surface area contributed by atoms with Gasteiger partial charge in [0.2, 0.25) is 0 Å². The van der Waals surface area contributed by atoms with Gasteiger partial charge in [0.05, 0.1) is 5.69 Å². The molecule has 1 heterocycles. The number of hydrogen-bond donors (Lipinski definition) is 2. The SMILES string of the molecule is CN(Cc1cc(N)n[nH]1)CC1CCCC1. The molecular weight excluding hydrogens is 188 g/mol. The molecule has 1 aromatic heterocycles. The molecule has 4 nitrogen and oxygen atoms in total. The summed E-state index contributed by atoms with van der Waals surface area (Å²) in [6.45, 7) is 2.11. The number of aromatic amines is 1. The molecule has 1 saturated carbocycles. The number of rotatable bonds is 4. The average molecular weight is 208 g/mol. The van der Waals surface area contributed by atoms with Gasteiger partial charge in [-0.15, -0.1) is 0 Å². The van der Waals surface area contributed by atoms with Gasteiger partial charge in [0.25, 0.3) is 0 Å². The van der Waals surface area contributed by atoms with Gasteiger partial charge in [-0.3, -0.25) is 5.10 Å². The fraction of sp³-hybridized carbons (Fsp3) is 0.727. The zero-order valence-corrected chi connectivity index (χ0v) is 9.37. The predicted molar refractivity (Wildman–Crippen MR) is 61.3 cm³/mol. The van der Waals surface area contributed by atoms with E-state index in [1.54, 1.807) is 0 Å². The van der Waals surface area contributed by atoms with Crippen LogP contribution >= 0.6 is 0 Å². The van der Waals surface area contributed by atoms with E-state index in [0.29, 0.717) is 5.82 Å². The number of aromatic nitrogens is 2. The maximum absolute atomic E-state index is 5.56. The molecule has 1 fully saturated rings. The Morgan fingerprint density at radius 3 is 2.87 bits per heavy atom. The molecule has 1 aromatic rings. The molecule has 0 radical (unpaired) electrons. The van der Waals surface area contributed by atoms with E-state index in [1.165, 1.54) is 32.2 Å². The molecule has 0 saturated heterocycles. The quantitative estimate of drug-likeness (QED) is 0.790. The van der Waals surface area contributed by atoms with Crippen molar-refractivity contribution in [2.45, 2.75) is 32.2 Å². The molecule has 3 N–H and O–H groups in total. The molecule has 84 valence electrons. The molecule has 0 aromatic carbocycles. The van der Waals surface area contributed by atoms with Crippen LogP contribution in [0.15, 0.2) is 6.07 Å². The maximum atomic E-state index is 5.56. The van der Waals surface area contributed by atoms with E-state index in [2.05, 4.69) is 22.1 Å². The topological polar surface area (TPSA) is 57.9 Å². The van der Waals surface area contributed by atoms with Crippen molar-refractivity contribution in [2.24, 2.45) is 5.92 Å². The summed E-state index contributed by atoms with van der Waals surface area (Å²) in [5.41, 5.74) is 6.66. The van der Waals surface area contributed by atoms with E-state index in [1.807, 2.05) is 6.07 Å². The van der Waals surface area contributed by atoms with E-state index in [0.717, 1.165) is 18.2 Å². The highest BCUT2D eigenvalue weighted by molar-refractivity contribution is 5.28. The number of nitrogens with one attached hydrogen (secondary N) is 1. The smallest absolute Gasteiger partial charge is 0.145 e. The van der Waals surface area contributed by atoms with E-state index >= 15 is 0 Å². The Morgan fingerprint density at radius 1 is 1.53 bits per heavy atom. The van der Waals surface area contributed by atoms with Crippen LogP contribution in [0.2, 0.25) is 0 Å². The van der Waals surface area contributed by atoms with Crippen molar-refractivity contribution < 1.29 is 0 Å². The van der Waals surface area contributed by atoms with E-state index < -0.39 is 0 Å². The monoisotopic (exact) mass is 208 g/mol. The summed E-state index contributed by atoms with van der Waals surface area (Å²) < 4.78 is 0. The second kappa shape index (κ2) is 4.66. The summed E-state index contributed by atoms with van der Waals surface area (Å²) in [7, 11) is 2.16. The van der Waals surface area contributed by atoms with Crippen LogP contribution in [0.25, 0.3) is 0 Å². The summed E-state index contributed by atoms with van der Waals surface area (Å²) >= 11 is 0. The fourth-order valence-corrected chi connectivity index (χ4v) is 2.45. The van der Waals surface area contributed by atoms with Crippen molar-refractivity contribution in [1.82, 2.24) is 15.1 Å². The lowest BCUT2D eigenvalue weighted by Crippen LogP contribution is -2.24. The number of nitrogens with two attached hydrogens (primary N) is 1. The van der Waals surface area contributed by atoms with Gasteiger partial charge in [-0.2, -0.15) is 5.10 Å². The van der Waals surface area contributed by atoms with Crippen LogP contribution in [-0.4, -0.2) is 28.7 Å². The molecule has 0 unspecified atom stereocenters. The number of nitrogens with zero attached hydrogens (tertiary/aromatic N) is 2. The van der Waals surface area contributed by atoms with Crippen LogP contribution in [0.1, 0.15) is 31.4 Å². The molecule has 15 heavy (non-hydrogen) atoms. The zero-order valence-electron chi connectivity index (χ0n) is 9.37. The summed E-state index contributed by atoms with van der Waals surface area (Å²) in [6, 6.07) is 1.91. The van der Waals surface area contributed by atoms with Crippen molar-refractivity contribution in [3.8, 4) is 0 Å². The zero-order chi connectivity index (χ0) is 10.7. The normalized spacial score (nSPS) is 17.7. The van der Waals surface area contributed by atoms with Crippen LogP contribution in [0, 0.1) is 5.92 Å². The Labute approximate surface area is 90.8 Å². The van der Waals surface area contributed by atoms with Gasteiger partial charge >= 0.3 is 0 Å². The van der Waals surface area contributed by atoms with Gasteiger partial charge in [0, 0.05) is 19.2 Å². The standard InChI is InChI=1S/C11H20N4/c1-15(7-9-4-2-3-5-9)8-10-6-11(12)14-13-10/h6,9H,2-5,7-8H2,1H3,(H3,12,13,14). The third-order valence-corrected chi connectivity index (χ3v) is 3.14. The third kappa shape index (κ3) is 2.96. The minimum Gasteiger partial charge on any atom is -0.382 e. The molecule has 1 aliphatic rings. The Balaban J connectivity index is 1.78. The lowest BCUT2D eigenvalue weighted by atomic mass is 10.1. The van der Waals surface area contributed by atoms with Crippen molar-refractivity contribution in [1.29, 1.82) is 0 Å². The molecule has 2 rings (SSSR count). The first-order valence-electron chi connectivity index (χ1n) is 5.72. The van der Waals surface area contributed by atoms with E-state index in [9.17, 15) is 0 Å². The van der Waals surface area contributed by atoms with Gasteiger partial charge < -0.3 is 10.6 Å². The summed E-state index contributed by atoms with van der Waals surface area (Å²) in [5, 5.41) is 6.87. The van der Waals surface area contributed by atoms with Crippen LogP contribution in [0.5, 0.6) is 0 Å². The van der Waals surface area contributed by atoms with Crippen molar-refractivity contribution >= 4 is 5.82 Å². The van der Waals surface area contributed by atoms with Crippen molar-refractivity contribution in [3.63, 3.8) is 0 Å². The molecule has 0 bridgehead atoms. The predicted octanol–water partition coefficient (Wildman–Crippen LogP) is 1.61. The van der Waals surface area contributed by atoms with Gasteiger partial charge in [0.15, 0.2) is 0 Å². The van der Waals surface area contributed by atoms with Crippen LogP contribution in [0.4, 0.5) is 5.82 Å². The van der Waals surface area contributed by atoms with Gasteiger partial charge in [-0.1, -0.05) is 12.8 Å². The highest BCUT2D eigenvalue weighted by Crippen LogP contribution is 2.25. The lowest BCUT2D eigenvalue weighted by molar-refractivity contribution is 0.268. The summed E-state index contributed by atoms with van der Waals surface area (Å²) in [6.07, 6.45) is 5.62. The highest BCUT2D eigenvalue weighted by atomic mass is 15.2. The molecule has 0 amide bonds. The van der Waals surface area contributed by atoms with E-state index in [4.69, 9.17) is 5.73 Å². The molecule has 4 heteroatoms. The summed E-state index contributed by atoms with van der Waals surface area (Å²) in [4.78, 5) is 2.35. The Kier molecular flexibility index (Phi) is 3.26. The van der Waals surface area contributed by atoms with Gasteiger partial charge in [0.1, 0.15) is 5.82 Å². The number of hydrogen-bond acceptors (Lipinski definition) is 3. The third-order valence-electron chi connectivity index (χ3n) is 3.14. The Morgan fingerprint density at radius 2 is 2.27 bits per heavy atom. The maximum Gasteiger partial charge on any atom is 0.145 e. The molecular formula is C11H20N4. The average Bonchev–Trinajstić information content (AvgIpc) is 2.77. The fourth-order valence-electron chi connectivity index (χ4n) is 2.45. The number of anilines is 1. The summed E-state index contributed by atoms with van der Waals surface area (Å²) in [5.74, 6) is 1.48. The Hall–Kier alpha value is -1.03. The molecule has 0 spiro atoms. The minimum atomic E-state index is 0.583. The highest BCUT2D eigenvalue weighted by Gasteiger charge is 2.16. The molecule has 0 aliphatic heterocycles. The second-order valence-corrected chi connectivity index (χ2v) is 4.67. The van der Waals surface area contributed by atoms with Crippen molar-refractivity contribution in [3.05, 3.63) is 11.8 Å². The van der Waals surface area contributed by atoms with E-state index in [-0.39, 0.29) is 0 Å². The second-order valence-electron chi connectivity index (χ2n) is 4.67. The van der Waals surface area contributed by atoms with Gasteiger partial charge in [-0.05, 0) is 25.8 Å².